The van der Waals surface area contributed by atoms with Crippen LogP contribution in [0, 0.1) is 0 Å². The van der Waals surface area contributed by atoms with E-state index in [4.69, 9.17) is 5.11 Å². The van der Waals surface area contributed by atoms with Crippen molar-refractivity contribution >= 4 is 16.0 Å². The second-order valence-electron chi connectivity index (χ2n) is 4.11. The van der Waals surface area contributed by atoms with Crippen LogP contribution in [0.4, 0.5) is 0 Å². The topological polar surface area (TPSA) is 83.5 Å². The number of carbonyl (C=O) groups is 1. The Balaban J connectivity index is 2.76. The first-order valence-corrected chi connectivity index (χ1v) is 6.63. The zero-order chi connectivity index (χ0) is 11.7. The van der Waals surface area contributed by atoms with Gasteiger partial charge in [0.1, 0.15) is 0 Å². The molecular formula is C9H17NO4S. The van der Waals surface area contributed by atoms with E-state index in [9.17, 15) is 13.2 Å². The summed E-state index contributed by atoms with van der Waals surface area (Å²) in [4.78, 5) is 10.6. The van der Waals surface area contributed by atoms with Crippen LogP contribution in [0.3, 0.4) is 0 Å². The fraction of sp³-hybridized carbons (Fsp3) is 0.889. The summed E-state index contributed by atoms with van der Waals surface area (Å²) in [5.41, 5.74) is -0.386. The minimum atomic E-state index is -3.74. The first-order chi connectivity index (χ1) is 6.83. The first kappa shape index (κ1) is 12.4. The van der Waals surface area contributed by atoms with Crippen LogP contribution in [-0.2, 0) is 14.8 Å². The van der Waals surface area contributed by atoms with Gasteiger partial charge >= 0.3 is 5.97 Å². The number of hydrogen-bond donors (Lipinski definition) is 2. The van der Waals surface area contributed by atoms with Crippen molar-refractivity contribution in [1.29, 1.82) is 0 Å². The normalized spacial score (nSPS) is 21.7. The first-order valence-electron chi connectivity index (χ1n) is 5.08. The fourth-order valence-corrected chi connectivity index (χ4v) is 3.05. The third-order valence-corrected chi connectivity index (χ3v) is 5.01. The quantitative estimate of drug-likeness (QED) is 0.735. The molecule has 1 atom stereocenters. The summed E-state index contributed by atoms with van der Waals surface area (Å²) in [6, 6.07) is 0. The van der Waals surface area contributed by atoms with E-state index in [0.29, 0.717) is 6.42 Å². The van der Waals surface area contributed by atoms with E-state index in [1.165, 1.54) is 6.92 Å². The Morgan fingerprint density at radius 1 is 1.53 bits per heavy atom. The highest BCUT2D eigenvalue weighted by atomic mass is 32.2. The van der Waals surface area contributed by atoms with Crippen LogP contribution in [0.5, 0.6) is 0 Å². The van der Waals surface area contributed by atoms with E-state index in [-0.39, 0.29) is 5.54 Å². The van der Waals surface area contributed by atoms with E-state index < -0.39 is 21.2 Å². The van der Waals surface area contributed by atoms with Gasteiger partial charge in [-0.2, -0.15) is 0 Å². The number of carboxylic acids is 1. The summed E-state index contributed by atoms with van der Waals surface area (Å²) in [7, 11) is -3.74. The Bertz CT molecular complexity index is 340. The predicted octanol–water partition coefficient (Wildman–Crippen LogP) is 0.712. The number of sulfonamides is 1. The van der Waals surface area contributed by atoms with Crippen molar-refractivity contribution in [2.45, 2.75) is 50.3 Å². The van der Waals surface area contributed by atoms with E-state index in [2.05, 4.69) is 4.72 Å². The summed E-state index contributed by atoms with van der Waals surface area (Å²) in [5, 5.41) is 7.27. The van der Waals surface area contributed by atoms with Gasteiger partial charge in [-0.25, -0.2) is 13.1 Å². The number of carboxylic acid groups (broad SMARTS) is 1. The summed E-state index contributed by atoms with van der Waals surface area (Å²) < 4.78 is 25.8. The van der Waals surface area contributed by atoms with Crippen LogP contribution in [0.2, 0.25) is 0 Å². The third kappa shape index (κ3) is 2.49. The summed E-state index contributed by atoms with van der Waals surface area (Å²) in [6.45, 7) is 3.10. The molecule has 6 heteroatoms. The van der Waals surface area contributed by atoms with Gasteiger partial charge in [0.2, 0.25) is 10.0 Å². The molecule has 0 aromatic rings. The number of aliphatic carboxylic acids is 1. The van der Waals surface area contributed by atoms with Crippen molar-refractivity contribution in [3.63, 3.8) is 0 Å². The number of hydrogen-bond acceptors (Lipinski definition) is 3. The summed E-state index contributed by atoms with van der Waals surface area (Å²) in [5.74, 6) is -1.31. The van der Waals surface area contributed by atoms with Gasteiger partial charge in [0.15, 0.2) is 5.25 Å². The van der Waals surface area contributed by atoms with Gasteiger partial charge in [-0.05, 0) is 32.6 Å². The SMILES string of the molecule is CCC1(NS(=O)(=O)C(C)C(=O)O)CCC1. The molecule has 2 N–H and O–H groups in total. The van der Waals surface area contributed by atoms with Gasteiger partial charge in [-0.3, -0.25) is 4.79 Å². The van der Waals surface area contributed by atoms with Gasteiger partial charge in [0, 0.05) is 5.54 Å². The van der Waals surface area contributed by atoms with Gasteiger partial charge in [0.25, 0.3) is 0 Å². The Hall–Kier alpha value is -0.620. The Kier molecular flexibility index (Phi) is 3.40. The average Bonchev–Trinajstić information content (AvgIpc) is 2.10. The summed E-state index contributed by atoms with van der Waals surface area (Å²) >= 11 is 0. The van der Waals surface area contributed by atoms with Crippen LogP contribution in [0.25, 0.3) is 0 Å². The lowest BCUT2D eigenvalue weighted by Crippen LogP contribution is -2.55. The lowest BCUT2D eigenvalue weighted by Gasteiger charge is -2.41. The number of nitrogens with one attached hydrogen (secondary N) is 1. The largest absolute Gasteiger partial charge is 0.480 e. The van der Waals surface area contributed by atoms with Gasteiger partial charge in [-0.15, -0.1) is 0 Å². The Morgan fingerprint density at radius 3 is 2.33 bits per heavy atom. The highest BCUT2D eigenvalue weighted by Crippen LogP contribution is 2.35. The maximum atomic E-state index is 11.6. The average molecular weight is 235 g/mol. The van der Waals surface area contributed by atoms with Crippen molar-refractivity contribution < 1.29 is 18.3 Å². The highest BCUT2D eigenvalue weighted by Gasteiger charge is 2.41. The molecule has 1 aliphatic rings. The molecule has 1 saturated carbocycles. The molecule has 0 aromatic heterocycles. The maximum absolute atomic E-state index is 11.6. The lowest BCUT2D eigenvalue weighted by atomic mass is 9.76. The molecule has 1 aliphatic carbocycles. The van der Waals surface area contributed by atoms with Crippen LogP contribution < -0.4 is 4.72 Å². The molecule has 0 bridgehead atoms. The Morgan fingerprint density at radius 2 is 2.07 bits per heavy atom. The van der Waals surface area contributed by atoms with Gasteiger partial charge in [-0.1, -0.05) is 6.92 Å². The minimum Gasteiger partial charge on any atom is -0.480 e. The molecule has 0 radical (unpaired) electrons. The monoisotopic (exact) mass is 235 g/mol. The zero-order valence-electron chi connectivity index (χ0n) is 8.99. The molecule has 0 heterocycles. The maximum Gasteiger partial charge on any atom is 0.323 e. The fourth-order valence-electron chi connectivity index (χ4n) is 1.65. The molecule has 1 rings (SSSR count). The molecule has 5 nitrogen and oxygen atoms in total. The third-order valence-electron chi connectivity index (χ3n) is 3.16. The highest BCUT2D eigenvalue weighted by molar-refractivity contribution is 7.90. The van der Waals surface area contributed by atoms with E-state index >= 15 is 0 Å². The van der Waals surface area contributed by atoms with Gasteiger partial charge < -0.3 is 5.11 Å². The van der Waals surface area contributed by atoms with Crippen molar-refractivity contribution in [2.75, 3.05) is 0 Å². The van der Waals surface area contributed by atoms with Crippen LogP contribution in [-0.4, -0.2) is 30.3 Å². The van der Waals surface area contributed by atoms with E-state index in [1.54, 1.807) is 0 Å². The molecule has 0 aromatic carbocycles. The Labute approximate surface area is 89.9 Å². The van der Waals surface area contributed by atoms with Crippen molar-refractivity contribution in [1.82, 2.24) is 4.72 Å². The van der Waals surface area contributed by atoms with Crippen molar-refractivity contribution in [3.05, 3.63) is 0 Å². The molecule has 0 amide bonds. The zero-order valence-corrected chi connectivity index (χ0v) is 9.80. The lowest BCUT2D eigenvalue weighted by molar-refractivity contribution is -0.136. The summed E-state index contributed by atoms with van der Waals surface area (Å²) in [6.07, 6.45) is 3.31. The van der Waals surface area contributed by atoms with Crippen molar-refractivity contribution in [3.8, 4) is 0 Å². The van der Waals surface area contributed by atoms with Gasteiger partial charge in [0.05, 0.1) is 0 Å². The second-order valence-corrected chi connectivity index (χ2v) is 6.12. The number of rotatable bonds is 5. The smallest absolute Gasteiger partial charge is 0.323 e. The van der Waals surface area contributed by atoms with Crippen LogP contribution >= 0.6 is 0 Å². The van der Waals surface area contributed by atoms with E-state index in [1.807, 2.05) is 6.92 Å². The molecular weight excluding hydrogens is 218 g/mol. The standard InChI is InChI=1S/C9H17NO4S/c1-3-9(5-4-6-9)10-15(13,14)7(2)8(11)12/h7,10H,3-6H2,1-2H3,(H,11,12). The minimum absolute atomic E-state index is 0.386. The molecule has 15 heavy (non-hydrogen) atoms. The van der Waals surface area contributed by atoms with Crippen molar-refractivity contribution in [2.24, 2.45) is 0 Å². The molecule has 1 fully saturated rings. The predicted molar refractivity (Wildman–Crippen MR) is 56.0 cm³/mol. The molecule has 0 spiro atoms. The van der Waals surface area contributed by atoms with Crippen LogP contribution in [0.1, 0.15) is 39.5 Å². The second kappa shape index (κ2) is 4.09. The molecule has 88 valence electrons. The van der Waals surface area contributed by atoms with Crippen LogP contribution in [0.15, 0.2) is 0 Å². The molecule has 0 aliphatic heterocycles. The molecule has 0 saturated heterocycles. The molecule has 1 unspecified atom stereocenters. The van der Waals surface area contributed by atoms with E-state index in [0.717, 1.165) is 19.3 Å².